The highest BCUT2D eigenvalue weighted by molar-refractivity contribution is 5.74. The number of nitrogens with two attached hydrogens (primary N) is 1. The monoisotopic (exact) mass is 422 g/mol. The Hall–Kier alpha value is -3.75. The van der Waals surface area contributed by atoms with Crippen molar-refractivity contribution in [2.24, 2.45) is 5.92 Å². The maximum absolute atomic E-state index is 14.1. The molecule has 1 aromatic heterocycles. The normalized spacial score (nSPS) is 14.4. The number of para-hydroxylation sites is 1. The molecule has 1 aliphatic rings. The Morgan fingerprint density at radius 3 is 2.45 bits per heavy atom. The fourth-order valence-corrected chi connectivity index (χ4v) is 3.84. The fourth-order valence-electron chi connectivity index (χ4n) is 3.84. The average Bonchev–Trinajstić information content (AvgIpc) is 2.76. The number of nitrogens with zero attached hydrogens (tertiary/aromatic N) is 4. The highest BCUT2D eigenvalue weighted by Crippen LogP contribution is 2.34. The lowest BCUT2D eigenvalue weighted by atomic mass is 9.90. The van der Waals surface area contributed by atoms with E-state index in [2.05, 4.69) is 27.4 Å². The number of benzene rings is 2. The molecule has 9 heteroatoms. The summed E-state index contributed by atoms with van der Waals surface area (Å²) >= 11 is 0. The zero-order valence-electron chi connectivity index (χ0n) is 16.9. The highest BCUT2D eigenvalue weighted by atomic mass is 19.1. The van der Waals surface area contributed by atoms with E-state index in [1.165, 1.54) is 23.8 Å². The van der Waals surface area contributed by atoms with Gasteiger partial charge in [0.1, 0.15) is 5.82 Å². The van der Waals surface area contributed by atoms with Crippen molar-refractivity contribution in [1.29, 1.82) is 0 Å². The van der Waals surface area contributed by atoms with Gasteiger partial charge < -0.3 is 16.0 Å². The van der Waals surface area contributed by atoms with E-state index in [0.717, 1.165) is 19.3 Å². The Morgan fingerprint density at radius 2 is 1.77 bits per heavy atom. The van der Waals surface area contributed by atoms with E-state index in [0.29, 0.717) is 25.0 Å². The van der Waals surface area contributed by atoms with Crippen LogP contribution in [-0.2, 0) is 6.42 Å². The summed E-state index contributed by atoms with van der Waals surface area (Å²) in [5.74, 6) is -0.0633. The first kappa shape index (κ1) is 20.5. The molecule has 1 fully saturated rings. The number of rotatable bonds is 6. The van der Waals surface area contributed by atoms with Crippen LogP contribution in [0.3, 0.4) is 0 Å². The van der Waals surface area contributed by atoms with Crippen LogP contribution in [0.2, 0.25) is 0 Å². The van der Waals surface area contributed by atoms with E-state index >= 15 is 0 Å². The van der Waals surface area contributed by atoms with Crippen molar-refractivity contribution < 1.29 is 9.31 Å². The smallest absolute Gasteiger partial charge is 0.353 e. The van der Waals surface area contributed by atoms with Crippen molar-refractivity contribution in [3.63, 3.8) is 0 Å². The van der Waals surface area contributed by atoms with Crippen LogP contribution >= 0.6 is 0 Å². The number of nitro groups is 1. The third kappa shape index (κ3) is 4.71. The molecule has 8 nitrogen and oxygen atoms in total. The second-order valence-corrected chi connectivity index (χ2v) is 7.59. The number of aromatic nitrogens is 2. The van der Waals surface area contributed by atoms with Crippen molar-refractivity contribution in [2.75, 3.05) is 29.0 Å². The van der Waals surface area contributed by atoms with E-state index < -0.39 is 16.4 Å². The number of hydrogen-bond acceptors (Lipinski definition) is 7. The standard InChI is InChI=1S/C22H23FN6O2/c23-17-8-4-5-9-18(17)25-21-19(29(30)31)20(24)26-22(27-21)28-12-10-16(11-13-28)14-15-6-2-1-3-7-15/h1-9,16H,10-14H2,(H3,24,25,26,27). The number of hydrogen-bond donors (Lipinski definition) is 2. The molecular formula is C22H23FN6O2. The van der Waals surface area contributed by atoms with Crippen molar-refractivity contribution >= 4 is 29.0 Å². The zero-order chi connectivity index (χ0) is 21.8. The van der Waals surface area contributed by atoms with E-state index in [4.69, 9.17) is 5.73 Å². The van der Waals surface area contributed by atoms with Crippen LogP contribution in [0.25, 0.3) is 0 Å². The summed E-state index contributed by atoms with van der Waals surface area (Å²) in [6.45, 7) is 1.43. The Balaban J connectivity index is 1.53. The van der Waals surface area contributed by atoms with Crippen LogP contribution in [0, 0.1) is 21.8 Å². The predicted octanol–water partition coefficient (Wildman–Crippen LogP) is 4.31. The zero-order valence-corrected chi connectivity index (χ0v) is 16.9. The van der Waals surface area contributed by atoms with Gasteiger partial charge in [0.25, 0.3) is 0 Å². The Labute approximate surface area is 179 Å². The molecule has 0 saturated carbocycles. The highest BCUT2D eigenvalue weighted by Gasteiger charge is 2.27. The van der Waals surface area contributed by atoms with E-state index in [-0.39, 0.29) is 17.3 Å². The van der Waals surface area contributed by atoms with E-state index in [1.807, 2.05) is 23.1 Å². The molecule has 3 aromatic rings. The Bertz CT molecular complexity index is 1070. The van der Waals surface area contributed by atoms with Gasteiger partial charge in [-0.1, -0.05) is 42.5 Å². The summed E-state index contributed by atoms with van der Waals surface area (Å²) in [7, 11) is 0. The van der Waals surface area contributed by atoms with Gasteiger partial charge in [-0.25, -0.2) is 4.39 Å². The van der Waals surface area contributed by atoms with Crippen LogP contribution in [0.1, 0.15) is 18.4 Å². The van der Waals surface area contributed by atoms with Crippen molar-refractivity contribution in [3.8, 4) is 0 Å². The van der Waals surface area contributed by atoms with Gasteiger partial charge in [0, 0.05) is 13.1 Å². The average molecular weight is 422 g/mol. The van der Waals surface area contributed by atoms with Gasteiger partial charge in [-0.15, -0.1) is 0 Å². The second-order valence-electron chi connectivity index (χ2n) is 7.59. The van der Waals surface area contributed by atoms with Crippen LogP contribution < -0.4 is 16.0 Å². The summed E-state index contributed by atoms with van der Waals surface area (Å²) < 4.78 is 14.1. The minimum Gasteiger partial charge on any atom is -0.378 e. The first-order chi connectivity index (χ1) is 15.0. The van der Waals surface area contributed by atoms with Crippen LogP contribution in [0.15, 0.2) is 54.6 Å². The van der Waals surface area contributed by atoms with Gasteiger partial charge in [-0.3, -0.25) is 10.1 Å². The summed E-state index contributed by atoms with van der Waals surface area (Å²) in [6.07, 6.45) is 2.91. The SMILES string of the molecule is Nc1nc(N2CCC(Cc3ccccc3)CC2)nc(Nc2ccccc2F)c1[N+](=O)[O-]. The summed E-state index contributed by atoms with van der Waals surface area (Å²) in [6, 6.07) is 16.3. The van der Waals surface area contributed by atoms with Gasteiger partial charge >= 0.3 is 5.69 Å². The number of halogens is 1. The van der Waals surface area contributed by atoms with Crippen LogP contribution in [0.4, 0.5) is 33.3 Å². The minimum atomic E-state index is -0.658. The molecule has 4 rings (SSSR count). The number of nitrogen functional groups attached to an aromatic ring is 1. The van der Waals surface area contributed by atoms with Gasteiger partial charge in [-0.2, -0.15) is 9.97 Å². The molecule has 0 radical (unpaired) electrons. The van der Waals surface area contributed by atoms with Crippen LogP contribution in [0.5, 0.6) is 0 Å². The third-order valence-corrected chi connectivity index (χ3v) is 5.47. The second kappa shape index (κ2) is 8.95. The lowest BCUT2D eigenvalue weighted by Gasteiger charge is -2.32. The molecule has 0 atom stereocenters. The number of anilines is 4. The predicted molar refractivity (Wildman–Crippen MR) is 118 cm³/mol. The maximum atomic E-state index is 14.1. The quantitative estimate of drug-likeness (QED) is 0.450. The lowest BCUT2D eigenvalue weighted by molar-refractivity contribution is -0.383. The van der Waals surface area contributed by atoms with Crippen molar-refractivity contribution in [1.82, 2.24) is 9.97 Å². The summed E-state index contributed by atoms with van der Waals surface area (Å²) in [4.78, 5) is 21.3. The molecule has 3 N–H and O–H groups in total. The minimum absolute atomic E-state index is 0.0798. The molecule has 0 amide bonds. The molecule has 0 unspecified atom stereocenters. The first-order valence-electron chi connectivity index (χ1n) is 10.1. The van der Waals surface area contributed by atoms with Gasteiger partial charge in [0.05, 0.1) is 10.6 Å². The molecular weight excluding hydrogens is 399 g/mol. The maximum Gasteiger partial charge on any atom is 0.353 e. The third-order valence-electron chi connectivity index (χ3n) is 5.47. The summed E-state index contributed by atoms with van der Waals surface area (Å²) in [5, 5.41) is 14.2. The van der Waals surface area contributed by atoms with Crippen molar-refractivity contribution in [3.05, 3.63) is 76.1 Å². The first-order valence-corrected chi connectivity index (χ1v) is 10.1. The topological polar surface area (TPSA) is 110 Å². The van der Waals surface area contributed by atoms with E-state index in [9.17, 15) is 14.5 Å². The lowest BCUT2D eigenvalue weighted by Crippen LogP contribution is -2.35. The molecule has 0 aliphatic carbocycles. The molecule has 0 spiro atoms. The van der Waals surface area contributed by atoms with Gasteiger partial charge in [-0.05, 0) is 42.9 Å². The fraction of sp³-hybridized carbons (Fsp3) is 0.273. The van der Waals surface area contributed by atoms with E-state index in [1.54, 1.807) is 6.07 Å². The molecule has 2 aromatic carbocycles. The number of nitrogens with one attached hydrogen (secondary N) is 1. The molecule has 31 heavy (non-hydrogen) atoms. The van der Waals surface area contributed by atoms with Crippen LogP contribution in [-0.4, -0.2) is 28.0 Å². The number of piperidine rings is 1. The van der Waals surface area contributed by atoms with Crippen molar-refractivity contribution in [2.45, 2.75) is 19.3 Å². The van der Waals surface area contributed by atoms with Gasteiger partial charge in [0.15, 0.2) is 0 Å². The molecule has 2 heterocycles. The summed E-state index contributed by atoms with van der Waals surface area (Å²) in [5.41, 5.74) is 6.82. The molecule has 1 aliphatic heterocycles. The largest absolute Gasteiger partial charge is 0.378 e. The van der Waals surface area contributed by atoms with Gasteiger partial charge in [0.2, 0.25) is 17.6 Å². The Morgan fingerprint density at radius 1 is 1.10 bits per heavy atom. The Kier molecular flexibility index (Phi) is 5.92. The molecule has 160 valence electrons. The molecule has 0 bridgehead atoms. The molecule has 1 saturated heterocycles.